The Morgan fingerprint density at radius 1 is 1.39 bits per heavy atom. The van der Waals surface area contributed by atoms with Gasteiger partial charge >= 0.3 is 0 Å². The van der Waals surface area contributed by atoms with Crippen molar-refractivity contribution in [3.05, 3.63) is 21.9 Å². The van der Waals surface area contributed by atoms with Crippen LogP contribution in [0.3, 0.4) is 0 Å². The predicted molar refractivity (Wildman–Crippen MR) is 80.1 cm³/mol. The molecule has 0 bridgehead atoms. The normalized spacial score (nSPS) is 25.7. The summed E-state index contributed by atoms with van der Waals surface area (Å²) >= 11 is 1.87. The van der Waals surface area contributed by atoms with E-state index in [1.807, 2.05) is 11.3 Å². The minimum atomic E-state index is 0.197. The van der Waals surface area contributed by atoms with Gasteiger partial charge in [-0.05, 0) is 57.2 Å². The fourth-order valence-electron chi connectivity index (χ4n) is 3.09. The number of nitrogens with zero attached hydrogens (tertiary/aromatic N) is 1. The van der Waals surface area contributed by atoms with Gasteiger partial charge in [-0.25, -0.2) is 0 Å². The number of aryl methyl sites for hydroxylation is 1. The molecule has 3 atom stereocenters. The molecule has 0 spiro atoms. The summed E-state index contributed by atoms with van der Waals surface area (Å²) in [7, 11) is 0. The maximum absolute atomic E-state index is 6.31. The Bertz CT molecular complexity index is 372. The van der Waals surface area contributed by atoms with Gasteiger partial charge in [-0.3, -0.25) is 4.90 Å². The molecule has 0 aliphatic carbocycles. The molecule has 2 rings (SSSR count). The molecule has 1 aliphatic rings. The van der Waals surface area contributed by atoms with E-state index in [9.17, 15) is 0 Å². The molecule has 102 valence electrons. The molecule has 3 unspecified atom stereocenters. The third-order valence-electron chi connectivity index (χ3n) is 4.13. The van der Waals surface area contributed by atoms with Crippen molar-refractivity contribution in [1.29, 1.82) is 0 Å². The quantitative estimate of drug-likeness (QED) is 0.903. The summed E-state index contributed by atoms with van der Waals surface area (Å²) in [6.45, 7) is 7.93. The standard InChI is InChI=1S/C15H26N2S/c1-11-8-10-18-15(11)14(13(3)16)17-9-6-4-5-7-12(17)2/h8,10,12-14H,4-7,9,16H2,1-3H3. The Labute approximate surface area is 115 Å². The highest BCUT2D eigenvalue weighted by Gasteiger charge is 2.30. The van der Waals surface area contributed by atoms with E-state index in [0.29, 0.717) is 12.1 Å². The van der Waals surface area contributed by atoms with Crippen molar-refractivity contribution in [2.75, 3.05) is 6.54 Å². The molecule has 2 nitrogen and oxygen atoms in total. The van der Waals surface area contributed by atoms with Gasteiger partial charge in [0.05, 0.1) is 6.04 Å². The highest BCUT2D eigenvalue weighted by atomic mass is 32.1. The highest BCUT2D eigenvalue weighted by Crippen LogP contribution is 2.34. The summed E-state index contributed by atoms with van der Waals surface area (Å²) in [6.07, 6.45) is 5.37. The van der Waals surface area contributed by atoms with Crippen molar-refractivity contribution < 1.29 is 0 Å². The third kappa shape index (κ3) is 2.95. The van der Waals surface area contributed by atoms with Crippen molar-refractivity contribution in [1.82, 2.24) is 4.90 Å². The molecule has 1 fully saturated rings. The van der Waals surface area contributed by atoms with Crippen LogP contribution in [0.1, 0.15) is 56.0 Å². The minimum Gasteiger partial charge on any atom is -0.326 e. The maximum Gasteiger partial charge on any atom is 0.0595 e. The van der Waals surface area contributed by atoms with Crippen LogP contribution in [0, 0.1) is 6.92 Å². The van der Waals surface area contributed by atoms with E-state index in [0.717, 1.165) is 0 Å². The van der Waals surface area contributed by atoms with Crippen LogP contribution in [0.4, 0.5) is 0 Å². The summed E-state index contributed by atoms with van der Waals surface area (Å²) in [4.78, 5) is 4.12. The summed E-state index contributed by atoms with van der Waals surface area (Å²) in [5, 5.41) is 2.20. The van der Waals surface area contributed by atoms with E-state index in [1.165, 1.54) is 42.7 Å². The van der Waals surface area contributed by atoms with E-state index in [2.05, 4.69) is 37.1 Å². The van der Waals surface area contributed by atoms with Gasteiger partial charge in [0.25, 0.3) is 0 Å². The van der Waals surface area contributed by atoms with Gasteiger partial charge in [-0.15, -0.1) is 11.3 Å². The number of hydrogen-bond donors (Lipinski definition) is 1. The Kier molecular flexibility index (Phi) is 4.82. The van der Waals surface area contributed by atoms with E-state index in [1.54, 1.807) is 0 Å². The van der Waals surface area contributed by atoms with Crippen molar-refractivity contribution in [3.63, 3.8) is 0 Å². The first kappa shape index (κ1) is 14.0. The SMILES string of the molecule is Cc1ccsc1C(C(C)N)N1CCCCCC1C. The predicted octanol–water partition coefficient (Wildman–Crippen LogP) is 3.71. The first-order chi connectivity index (χ1) is 8.61. The lowest BCUT2D eigenvalue weighted by Gasteiger charge is -2.37. The van der Waals surface area contributed by atoms with Gasteiger partial charge < -0.3 is 5.73 Å². The average Bonchev–Trinajstić information content (AvgIpc) is 2.61. The lowest BCUT2D eigenvalue weighted by atomic mass is 10.0. The van der Waals surface area contributed by atoms with Gasteiger partial charge in [0.1, 0.15) is 0 Å². The Balaban J connectivity index is 2.26. The lowest BCUT2D eigenvalue weighted by Crippen LogP contribution is -2.43. The van der Waals surface area contributed by atoms with Crippen LogP contribution in [0.2, 0.25) is 0 Å². The largest absolute Gasteiger partial charge is 0.326 e. The molecule has 1 aliphatic heterocycles. The zero-order valence-electron chi connectivity index (χ0n) is 11.9. The van der Waals surface area contributed by atoms with Gasteiger partial charge in [0.2, 0.25) is 0 Å². The molecule has 2 N–H and O–H groups in total. The van der Waals surface area contributed by atoms with Crippen LogP contribution in [0.5, 0.6) is 0 Å². The summed E-state index contributed by atoms with van der Waals surface area (Å²) < 4.78 is 0. The molecule has 2 heterocycles. The molecule has 0 aromatic carbocycles. The molecule has 1 aromatic rings. The molecule has 3 heteroatoms. The second-order valence-corrected chi connectivity index (χ2v) is 6.66. The van der Waals surface area contributed by atoms with Crippen LogP contribution in [0.15, 0.2) is 11.4 Å². The summed E-state index contributed by atoms with van der Waals surface area (Å²) in [5.41, 5.74) is 7.71. The molecule has 0 saturated carbocycles. The molecule has 0 amide bonds. The second-order valence-electron chi connectivity index (χ2n) is 5.71. The van der Waals surface area contributed by atoms with Crippen molar-refractivity contribution >= 4 is 11.3 Å². The zero-order valence-corrected chi connectivity index (χ0v) is 12.7. The van der Waals surface area contributed by atoms with E-state index >= 15 is 0 Å². The van der Waals surface area contributed by atoms with Crippen LogP contribution in [-0.2, 0) is 0 Å². The van der Waals surface area contributed by atoms with Gasteiger partial charge in [0, 0.05) is 17.0 Å². The van der Waals surface area contributed by atoms with Gasteiger partial charge in [0.15, 0.2) is 0 Å². The van der Waals surface area contributed by atoms with E-state index < -0.39 is 0 Å². The molecule has 1 saturated heterocycles. The number of thiophene rings is 1. The van der Waals surface area contributed by atoms with Crippen molar-refractivity contribution in [2.45, 2.75) is 64.6 Å². The number of likely N-dealkylation sites (tertiary alicyclic amines) is 1. The Hall–Kier alpha value is -0.380. The number of hydrogen-bond acceptors (Lipinski definition) is 3. The molecular weight excluding hydrogens is 240 g/mol. The molecule has 0 radical (unpaired) electrons. The first-order valence-electron chi connectivity index (χ1n) is 7.16. The van der Waals surface area contributed by atoms with Crippen molar-refractivity contribution in [2.24, 2.45) is 5.73 Å². The molecule has 18 heavy (non-hydrogen) atoms. The van der Waals surface area contributed by atoms with E-state index in [4.69, 9.17) is 5.73 Å². The average molecular weight is 266 g/mol. The van der Waals surface area contributed by atoms with Crippen LogP contribution in [-0.4, -0.2) is 23.5 Å². The van der Waals surface area contributed by atoms with Crippen LogP contribution < -0.4 is 5.73 Å². The van der Waals surface area contributed by atoms with Crippen LogP contribution in [0.25, 0.3) is 0 Å². The topological polar surface area (TPSA) is 29.3 Å². The first-order valence-corrected chi connectivity index (χ1v) is 8.04. The Morgan fingerprint density at radius 3 is 2.78 bits per heavy atom. The molecular formula is C15H26N2S. The fraction of sp³-hybridized carbons (Fsp3) is 0.733. The maximum atomic E-state index is 6.31. The summed E-state index contributed by atoms with van der Waals surface area (Å²) in [6, 6.07) is 3.48. The molecule has 1 aromatic heterocycles. The van der Waals surface area contributed by atoms with E-state index in [-0.39, 0.29) is 6.04 Å². The van der Waals surface area contributed by atoms with Crippen LogP contribution >= 0.6 is 11.3 Å². The monoisotopic (exact) mass is 266 g/mol. The zero-order chi connectivity index (χ0) is 13.1. The smallest absolute Gasteiger partial charge is 0.0595 e. The minimum absolute atomic E-state index is 0.197. The second kappa shape index (κ2) is 6.18. The van der Waals surface area contributed by atoms with Gasteiger partial charge in [-0.2, -0.15) is 0 Å². The highest BCUT2D eigenvalue weighted by molar-refractivity contribution is 7.10. The van der Waals surface area contributed by atoms with Gasteiger partial charge in [-0.1, -0.05) is 12.8 Å². The number of nitrogens with two attached hydrogens (primary N) is 1. The fourth-order valence-corrected chi connectivity index (χ4v) is 4.25. The summed E-state index contributed by atoms with van der Waals surface area (Å²) in [5.74, 6) is 0. The number of rotatable bonds is 3. The third-order valence-corrected chi connectivity index (χ3v) is 5.22. The lowest BCUT2D eigenvalue weighted by molar-refractivity contribution is 0.132. The van der Waals surface area contributed by atoms with Crippen molar-refractivity contribution in [3.8, 4) is 0 Å². The Morgan fingerprint density at radius 2 is 2.17 bits per heavy atom.